The van der Waals surface area contributed by atoms with Crippen LogP contribution in [0.5, 0.6) is 0 Å². The summed E-state index contributed by atoms with van der Waals surface area (Å²) in [5, 5.41) is 1.37. The fourth-order valence-electron chi connectivity index (χ4n) is 1.63. The molecule has 2 rings (SSSR count). The number of benzene rings is 1. The highest BCUT2D eigenvalue weighted by Gasteiger charge is 2.03. The molecule has 0 fully saturated rings. The quantitative estimate of drug-likeness (QED) is 0.742. The number of hydrogen-bond acceptors (Lipinski definition) is 0. The number of fused-ring (bicyclic) bond motifs is 1. The molecule has 1 aromatic carbocycles. The highest BCUT2D eigenvalue weighted by molar-refractivity contribution is 14.1. The van der Waals surface area contributed by atoms with Crippen LogP contribution in [0.15, 0.2) is 30.5 Å². The van der Waals surface area contributed by atoms with Crippen molar-refractivity contribution in [1.82, 2.24) is 4.57 Å². The highest BCUT2D eigenvalue weighted by Crippen LogP contribution is 2.22. The van der Waals surface area contributed by atoms with Gasteiger partial charge in [-0.05, 0) is 35.1 Å². The van der Waals surface area contributed by atoms with Crippen molar-refractivity contribution in [2.24, 2.45) is 0 Å². The molecule has 0 saturated heterocycles. The summed E-state index contributed by atoms with van der Waals surface area (Å²) in [6.45, 7) is 3.32. The standard InChI is InChI=1S/C11H12IN/c1-2-7-13-8-10(12)9-5-3-4-6-11(9)13/h3-6,8H,2,7H2,1H3. The first-order valence-corrected chi connectivity index (χ1v) is 5.64. The molecule has 0 radical (unpaired) electrons. The Labute approximate surface area is 91.9 Å². The lowest BCUT2D eigenvalue weighted by Gasteiger charge is -2.00. The first kappa shape index (κ1) is 9.06. The Hall–Kier alpha value is -0.510. The Morgan fingerprint density at radius 3 is 2.85 bits per heavy atom. The zero-order chi connectivity index (χ0) is 9.26. The lowest BCUT2D eigenvalue weighted by atomic mass is 10.2. The van der Waals surface area contributed by atoms with E-state index in [4.69, 9.17) is 0 Å². The fourth-order valence-corrected chi connectivity index (χ4v) is 2.42. The Balaban J connectivity index is 2.63. The maximum absolute atomic E-state index is 2.40. The van der Waals surface area contributed by atoms with Gasteiger partial charge in [0.2, 0.25) is 0 Å². The molecule has 1 aromatic heterocycles. The minimum absolute atomic E-state index is 1.11. The van der Waals surface area contributed by atoms with Crippen molar-refractivity contribution < 1.29 is 0 Å². The third-order valence-corrected chi connectivity index (χ3v) is 3.06. The molecule has 0 aliphatic carbocycles. The molecule has 2 aromatic rings. The summed E-state index contributed by atoms with van der Waals surface area (Å²) in [6.07, 6.45) is 3.42. The molecule has 0 amide bonds. The van der Waals surface area contributed by atoms with Crippen LogP contribution < -0.4 is 0 Å². The predicted octanol–water partition coefficient (Wildman–Crippen LogP) is 3.66. The molecule has 0 atom stereocenters. The topological polar surface area (TPSA) is 4.93 Å². The molecule has 68 valence electrons. The van der Waals surface area contributed by atoms with Crippen LogP contribution in [-0.4, -0.2) is 4.57 Å². The van der Waals surface area contributed by atoms with Crippen molar-refractivity contribution in [3.05, 3.63) is 34.0 Å². The molecule has 13 heavy (non-hydrogen) atoms. The molecule has 1 nitrogen and oxygen atoms in total. The fraction of sp³-hybridized carbons (Fsp3) is 0.273. The Morgan fingerprint density at radius 2 is 2.08 bits per heavy atom. The van der Waals surface area contributed by atoms with Crippen LogP contribution >= 0.6 is 22.6 Å². The number of para-hydroxylation sites is 1. The molecule has 0 bridgehead atoms. The second kappa shape index (κ2) is 3.70. The molecule has 0 aliphatic rings. The molecule has 0 saturated carbocycles. The van der Waals surface area contributed by atoms with E-state index in [9.17, 15) is 0 Å². The summed E-state index contributed by atoms with van der Waals surface area (Å²) in [4.78, 5) is 0. The summed E-state index contributed by atoms with van der Waals surface area (Å²) in [5.41, 5.74) is 1.36. The normalized spacial score (nSPS) is 10.9. The zero-order valence-corrected chi connectivity index (χ0v) is 9.78. The SMILES string of the molecule is CCCn1cc(I)c2ccccc21. The summed E-state index contributed by atoms with van der Waals surface area (Å²) in [7, 11) is 0. The number of halogens is 1. The molecular formula is C11H12IN. The Bertz CT molecular complexity index is 417. The van der Waals surface area contributed by atoms with Crippen LogP contribution in [0, 0.1) is 3.57 Å². The van der Waals surface area contributed by atoms with E-state index in [0.717, 1.165) is 6.54 Å². The van der Waals surface area contributed by atoms with Gasteiger partial charge in [0.15, 0.2) is 0 Å². The van der Waals surface area contributed by atoms with Gasteiger partial charge in [0.25, 0.3) is 0 Å². The molecule has 0 aliphatic heterocycles. The molecule has 2 heteroatoms. The maximum atomic E-state index is 2.40. The van der Waals surface area contributed by atoms with Gasteiger partial charge in [0, 0.05) is 27.2 Å². The van der Waals surface area contributed by atoms with E-state index in [1.807, 2.05) is 0 Å². The van der Waals surface area contributed by atoms with E-state index in [-0.39, 0.29) is 0 Å². The van der Waals surface area contributed by atoms with Crippen LogP contribution in [0.2, 0.25) is 0 Å². The average molecular weight is 285 g/mol. The van der Waals surface area contributed by atoms with Gasteiger partial charge in [0.05, 0.1) is 0 Å². The summed E-state index contributed by atoms with van der Waals surface area (Å²) >= 11 is 2.40. The molecule has 0 N–H and O–H groups in total. The number of aromatic nitrogens is 1. The Kier molecular flexibility index (Phi) is 2.58. The van der Waals surface area contributed by atoms with Crippen LogP contribution in [0.25, 0.3) is 10.9 Å². The lowest BCUT2D eigenvalue weighted by Crippen LogP contribution is -1.93. The number of rotatable bonds is 2. The summed E-state index contributed by atoms with van der Waals surface area (Å²) in [6, 6.07) is 8.57. The monoisotopic (exact) mass is 285 g/mol. The van der Waals surface area contributed by atoms with Crippen molar-refractivity contribution in [2.45, 2.75) is 19.9 Å². The Morgan fingerprint density at radius 1 is 1.31 bits per heavy atom. The third-order valence-electron chi connectivity index (χ3n) is 2.20. The second-order valence-corrected chi connectivity index (χ2v) is 4.35. The van der Waals surface area contributed by atoms with Crippen molar-refractivity contribution in [3.63, 3.8) is 0 Å². The van der Waals surface area contributed by atoms with Crippen LogP contribution in [0.4, 0.5) is 0 Å². The minimum Gasteiger partial charge on any atom is -0.346 e. The first-order valence-electron chi connectivity index (χ1n) is 4.56. The number of hydrogen-bond donors (Lipinski definition) is 0. The third kappa shape index (κ3) is 1.59. The second-order valence-electron chi connectivity index (χ2n) is 3.19. The predicted molar refractivity (Wildman–Crippen MR) is 64.9 cm³/mol. The maximum Gasteiger partial charge on any atom is 0.0491 e. The van der Waals surface area contributed by atoms with Gasteiger partial charge in [-0.1, -0.05) is 25.1 Å². The van der Waals surface area contributed by atoms with Gasteiger partial charge in [-0.2, -0.15) is 0 Å². The zero-order valence-electron chi connectivity index (χ0n) is 7.63. The van der Waals surface area contributed by atoms with E-state index in [1.54, 1.807) is 0 Å². The largest absolute Gasteiger partial charge is 0.346 e. The van der Waals surface area contributed by atoms with Gasteiger partial charge >= 0.3 is 0 Å². The van der Waals surface area contributed by atoms with Crippen molar-refractivity contribution >= 4 is 33.5 Å². The number of aryl methyl sites for hydroxylation is 1. The minimum atomic E-state index is 1.11. The van der Waals surface area contributed by atoms with E-state index < -0.39 is 0 Å². The van der Waals surface area contributed by atoms with Crippen LogP contribution in [0.3, 0.4) is 0 Å². The summed E-state index contributed by atoms with van der Waals surface area (Å²) < 4.78 is 3.68. The average Bonchev–Trinajstić information content (AvgIpc) is 2.46. The van der Waals surface area contributed by atoms with Crippen molar-refractivity contribution in [1.29, 1.82) is 0 Å². The van der Waals surface area contributed by atoms with Crippen molar-refractivity contribution in [2.75, 3.05) is 0 Å². The van der Waals surface area contributed by atoms with E-state index in [2.05, 4.69) is 64.5 Å². The van der Waals surface area contributed by atoms with Gasteiger partial charge in [0.1, 0.15) is 0 Å². The molecule has 1 heterocycles. The van der Waals surface area contributed by atoms with Gasteiger partial charge < -0.3 is 4.57 Å². The first-order chi connectivity index (χ1) is 6.33. The molecule has 0 spiro atoms. The number of nitrogens with zero attached hydrogens (tertiary/aromatic N) is 1. The smallest absolute Gasteiger partial charge is 0.0491 e. The highest BCUT2D eigenvalue weighted by atomic mass is 127. The van der Waals surface area contributed by atoms with E-state index >= 15 is 0 Å². The lowest BCUT2D eigenvalue weighted by molar-refractivity contribution is 0.702. The summed E-state index contributed by atoms with van der Waals surface area (Å²) in [5.74, 6) is 0. The molecular weight excluding hydrogens is 273 g/mol. The van der Waals surface area contributed by atoms with Gasteiger partial charge in [-0.25, -0.2) is 0 Å². The molecule has 0 unspecified atom stereocenters. The van der Waals surface area contributed by atoms with Crippen LogP contribution in [-0.2, 0) is 6.54 Å². The van der Waals surface area contributed by atoms with Crippen molar-refractivity contribution in [3.8, 4) is 0 Å². The van der Waals surface area contributed by atoms with E-state index in [1.165, 1.54) is 20.9 Å². The van der Waals surface area contributed by atoms with Gasteiger partial charge in [-0.15, -0.1) is 0 Å². The van der Waals surface area contributed by atoms with Gasteiger partial charge in [-0.3, -0.25) is 0 Å². The van der Waals surface area contributed by atoms with E-state index in [0.29, 0.717) is 0 Å². The van der Waals surface area contributed by atoms with Crippen LogP contribution in [0.1, 0.15) is 13.3 Å².